The Labute approximate surface area is 212 Å². The van der Waals surface area contributed by atoms with Gasteiger partial charge in [-0.2, -0.15) is 18.3 Å². The van der Waals surface area contributed by atoms with E-state index in [2.05, 4.69) is 27.1 Å². The van der Waals surface area contributed by atoms with Crippen LogP contribution in [-0.2, 0) is 12.7 Å². The molecule has 1 saturated heterocycles. The van der Waals surface area contributed by atoms with Gasteiger partial charge in [-0.1, -0.05) is 30.3 Å². The number of nitrogens with zero attached hydrogens (tertiary/aromatic N) is 5. The third-order valence-electron chi connectivity index (χ3n) is 6.47. The standard InChI is InChI=1S/C27H26F3N5O2/c1-37-21-9-7-20(8-10-21)22-15-25(27(28,29)30)35-26(31-22)16-23(32-35)24(36)18-34-13-11-33(12-14-34)17-19-5-3-2-4-6-19/h2-10,15-16H,11-14,17-18H2,1H3. The second-order valence-electron chi connectivity index (χ2n) is 9.01. The zero-order valence-corrected chi connectivity index (χ0v) is 20.3. The van der Waals surface area contributed by atoms with Gasteiger partial charge in [0.1, 0.15) is 11.4 Å². The van der Waals surface area contributed by atoms with Crippen LogP contribution in [0.5, 0.6) is 5.75 Å². The zero-order valence-electron chi connectivity index (χ0n) is 20.3. The summed E-state index contributed by atoms with van der Waals surface area (Å²) in [4.78, 5) is 21.7. The molecular weight excluding hydrogens is 483 g/mol. The van der Waals surface area contributed by atoms with Gasteiger partial charge in [-0.3, -0.25) is 14.6 Å². The number of aromatic nitrogens is 3. The first-order chi connectivity index (χ1) is 17.8. The molecule has 0 amide bonds. The minimum atomic E-state index is -4.68. The van der Waals surface area contributed by atoms with Gasteiger partial charge >= 0.3 is 6.18 Å². The van der Waals surface area contributed by atoms with E-state index in [0.29, 0.717) is 28.9 Å². The summed E-state index contributed by atoms with van der Waals surface area (Å²) in [6.45, 7) is 3.93. The Morgan fingerprint density at radius 1 is 0.946 bits per heavy atom. The lowest BCUT2D eigenvalue weighted by Gasteiger charge is -2.34. The molecule has 7 nitrogen and oxygen atoms in total. The summed E-state index contributed by atoms with van der Waals surface area (Å²) >= 11 is 0. The van der Waals surface area contributed by atoms with Gasteiger partial charge in [0, 0.05) is 44.4 Å². The lowest BCUT2D eigenvalue weighted by Crippen LogP contribution is -2.47. The van der Waals surface area contributed by atoms with Gasteiger partial charge in [0.2, 0.25) is 0 Å². The average molecular weight is 510 g/mol. The summed E-state index contributed by atoms with van der Waals surface area (Å²) in [5.41, 5.74) is 0.816. The molecule has 0 unspecified atom stereocenters. The van der Waals surface area contributed by atoms with Crippen molar-refractivity contribution in [3.63, 3.8) is 0 Å². The maximum atomic E-state index is 13.9. The Balaban J connectivity index is 1.32. The molecule has 2 aromatic heterocycles. The molecule has 0 atom stereocenters. The third-order valence-corrected chi connectivity index (χ3v) is 6.47. The zero-order chi connectivity index (χ0) is 26.0. The van der Waals surface area contributed by atoms with E-state index in [-0.39, 0.29) is 29.4 Å². The highest BCUT2D eigenvalue weighted by atomic mass is 19.4. The fraction of sp³-hybridized carbons (Fsp3) is 0.296. The van der Waals surface area contributed by atoms with E-state index >= 15 is 0 Å². The number of methoxy groups -OCH3 is 1. The number of ketones is 1. The summed E-state index contributed by atoms with van der Waals surface area (Å²) in [6, 6.07) is 19.0. The third kappa shape index (κ3) is 5.65. The molecule has 192 valence electrons. The summed E-state index contributed by atoms with van der Waals surface area (Å²) in [6.07, 6.45) is -4.68. The monoisotopic (exact) mass is 509 g/mol. The number of hydrogen-bond donors (Lipinski definition) is 0. The van der Waals surface area contributed by atoms with Crippen molar-refractivity contribution in [2.24, 2.45) is 0 Å². The van der Waals surface area contributed by atoms with Crippen LogP contribution in [0.1, 0.15) is 21.7 Å². The normalized spacial score (nSPS) is 15.2. The molecule has 2 aromatic carbocycles. The van der Waals surface area contributed by atoms with Crippen LogP contribution in [0, 0.1) is 0 Å². The number of carbonyl (C=O) groups is 1. The largest absolute Gasteiger partial charge is 0.497 e. The number of rotatable bonds is 7. The number of piperazine rings is 1. The fourth-order valence-electron chi connectivity index (χ4n) is 4.45. The van der Waals surface area contributed by atoms with E-state index in [1.54, 1.807) is 24.3 Å². The number of fused-ring (bicyclic) bond motifs is 1. The second-order valence-corrected chi connectivity index (χ2v) is 9.01. The van der Waals surface area contributed by atoms with Gasteiger partial charge in [-0.25, -0.2) is 9.50 Å². The van der Waals surface area contributed by atoms with Crippen molar-refractivity contribution in [3.05, 3.63) is 83.7 Å². The summed E-state index contributed by atoms with van der Waals surface area (Å²) in [5.74, 6) is 0.250. The second kappa shape index (κ2) is 10.3. The van der Waals surface area contributed by atoms with Crippen molar-refractivity contribution >= 4 is 11.4 Å². The smallest absolute Gasteiger partial charge is 0.433 e. The van der Waals surface area contributed by atoms with Crippen LogP contribution in [0.15, 0.2) is 66.7 Å². The van der Waals surface area contributed by atoms with Crippen LogP contribution in [-0.4, -0.2) is 70.0 Å². The van der Waals surface area contributed by atoms with E-state index in [1.807, 2.05) is 23.1 Å². The molecule has 37 heavy (non-hydrogen) atoms. The van der Waals surface area contributed by atoms with Crippen molar-refractivity contribution in [2.75, 3.05) is 39.8 Å². The van der Waals surface area contributed by atoms with Crippen LogP contribution in [0.25, 0.3) is 16.9 Å². The molecule has 0 aliphatic carbocycles. The van der Waals surface area contributed by atoms with Gasteiger partial charge < -0.3 is 4.74 Å². The quantitative estimate of drug-likeness (QED) is 0.344. The Morgan fingerprint density at radius 2 is 1.62 bits per heavy atom. The summed E-state index contributed by atoms with van der Waals surface area (Å²) in [7, 11) is 1.51. The number of benzene rings is 2. The van der Waals surface area contributed by atoms with Crippen LogP contribution in [0.2, 0.25) is 0 Å². The first-order valence-corrected chi connectivity index (χ1v) is 11.9. The van der Waals surface area contributed by atoms with Crippen molar-refractivity contribution in [1.82, 2.24) is 24.4 Å². The topological polar surface area (TPSA) is 63.0 Å². The Kier molecular flexibility index (Phi) is 6.94. The highest BCUT2D eigenvalue weighted by molar-refractivity contribution is 5.96. The van der Waals surface area contributed by atoms with Crippen molar-refractivity contribution < 1.29 is 22.7 Å². The molecule has 4 aromatic rings. The lowest BCUT2D eigenvalue weighted by atomic mass is 10.1. The van der Waals surface area contributed by atoms with Crippen molar-refractivity contribution in [3.8, 4) is 17.0 Å². The van der Waals surface area contributed by atoms with Crippen molar-refractivity contribution in [1.29, 1.82) is 0 Å². The fourth-order valence-corrected chi connectivity index (χ4v) is 4.45. The number of ether oxygens (including phenoxy) is 1. The molecule has 10 heteroatoms. The van der Waals surface area contributed by atoms with Gasteiger partial charge in [0.15, 0.2) is 17.1 Å². The molecule has 0 radical (unpaired) electrons. The van der Waals surface area contributed by atoms with E-state index in [4.69, 9.17) is 4.74 Å². The Bertz CT molecular complexity index is 1380. The first kappa shape index (κ1) is 24.9. The molecule has 5 rings (SSSR count). The maximum absolute atomic E-state index is 13.9. The Hall–Kier alpha value is -3.76. The van der Waals surface area contributed by atoms with Gasteiger partial charge in [-0.15, -0.1) is 0 Å². The van der Waals surface area contributed by atoms with E-state index in [9.17, 15) is 18.0 Å². The first-order valence-electron chi connectivity index (χ1n) is 11.9. The molecule has 0 bridgehead atoms. The Morgan fingerprint density at radius 3 is 2.27 bits per heavy atom. The summed E-state index contributed by atoms with van der Waals surface area (Å²) < 4.78 is 47.5. The van der Waals surface area contributed by atoms with Gasteiger partial charge in [-0.05, 0) is 35.9 Å². The SMILES string of the molecule is COc1ccc(-c2cc(C(F)(F)F)n3nc(C(=O)CN4CCN(Cc5ccccc5)CC4)cc3n2)cc1. The number of carbonyl (C=O) groups excluding carboxylic acids is 1. The van der Waals surface area contributed by atoms with E-state index in [1.165, 1.54) is 18.7 Å². The van der Waals surface area contributed by atoms with Crippen molar-refractivity contribution in [2.45, 2.75) is 12.7 Å². The minimum Gasteiger partial charge on any atom is -0.497 e. The van der Waals surface area contributed by atoms with Crippen LogP contribution in [0.3, 0.4) is 0 Å². The average Bonchev–Trinajstić information content (AvgIpc) is 3.34. The van der Waals surface area contributed by atoms with Gasteiger partial charge in [0.25, 0.3) is 0 Å². The van der Waals surface area contributed by atoms with Crippen LogP contribution in [0.4, 0.5) is 13.2 Å². The highest BCUT2D eigenvalue weighted by Crippen LogP contribution is 2.32. The van der Waals surface area contributed by atoms with Crippen LogP contribution < -0.4 is 4.74 Å². The van der Waals surface area contributed by atoms with Gasteiger partial charge in [0.05, 0.1) is 19.3 Å². The van der Waals surface area contributed by atoms with Crippen LogP contribution >= 0.6 is 0 Å². The molecule has 3 heterocycles. The number of hydrogen-bond acceptors (Lipinski definition) is 6. The molecule has 1 aliphatic heterocycles. The lowest BCUT2D eigenvalue weighted by molar-refractivity contribution is -0.142. The molecule has 0 saturated carbocycles. The number of Topliss-reactive ketones (excluding diaryl/α,β-unsaturated/α-hetero) is 1. The predicted molar refractivity (Wildman–Crippen MR) is 132 cm³/mol. The number of halogens is 3. The molecule has 1 aliphatic rings. The maximum Gasteiger partial charge on any atom is 0.433 e. The predicted octanol–water partition coefficient (Wildman–Crippen LogP) is 4.42. The highest BCUT2D eigenvalue weighted by Gasteiger charge is 2.36. The summed E-state index contributed by atoms with van der Waals surface area (Å²) in [5, 5.41) is 4.01. The van der Waals surface area contributed by atoms with E-state index < -0.39 is 11.9 Å². The van der Waals surface area contributed by atoms with E-state index in [0.717, 1.165) is 25.7 Å². The minimum absolute atomic E-state index is 0.0309. The number of alkyl halides is 3. The molecule has 1 fully saturated rings. The molecule has 0 spiro atoms. The molecule has 0 N–H and O–H groups in total. The molecular formula is C27H26F3N5O2.